The summed E-state index contributed by atoms with van der Waals surface area (Å²) < 4.78 is 3.15. The van der Waals surface area contributed by atoms with Gasteiger partial charge in [0.2, 0.25) is 0 Å². The van der Waals surface area contributed by atoms with Crippen molar-refractivity contribution in [3.8, 4) is 0 Å². The van der Waals surface area contributed by atoms with Crippen LogP contribution in [0.3, 0.4) is 0 Å². The summed E-state index contributed by atoms with van der Waals surface area (Å²) in [6.07, 6.45) is 12.2. The molecule has 0 aromatic carbocycles. The molecule has 0 aliphatic heterocycles. The van der Waals surface area contributed by atoms with Gasteiger partial charge in [-0.15, -0.1) is 5.10 Å². The molecule has 0 bridgehead atoms. The van der Waals surface area contributed by atoms with E-state index in [0.29, 0.717) is 12.2 Å². The highest BCUT2D eigenvalue weighted by Crippen LogP contribution is 2.37. The van der Waals surface area contributed by atoms with E-state index in [-0.39, 0.29) is 11.1 Å². The van der Waals surface area contributed by atoms with Gasteiger partial charge in [0, 0.05) is 12.4 Å². The molecule has 0 atom stereocenters. The van der Waals surface area contributed by atoms with Crippen LogP contribution in [0.5, 0.6) is 0 Å². The van der Waals surface area contributed by atoms with Crippen molar-refractivity contribution < 1.29 is 0 Å². The van der Waals surface area contributed by atoms with Gasteiger partial charge in [0.25, 0.3) is 0 Å². The zero-order valence-corrected chi connectivity index (χ0v) is 12.4. The normalized spacial score (nSPS) is 19.1. The topological polar surface area (TPSA) is 52.2 Å². The summed E-state index contributed by atoms with van der Waals surface area (Å²) in [7, 11) is 0. The molecule has 0 amide bonds. The van der Waals surface area contributed by atoms with E-state index in [1.165, 1.54) is 25.7 Å². The first-order valence-corrected chi connectivity index (χ1v) is 7.87. The Balaban J connectivity index is 1.94. The second-order valence-electron chi connectivity index (χ2n) is 5.82. The van der Waals surface area contributed by atoms with E-state index < -0.39 is 0 Å². The van der Waals surface area contributed by atoms with Crippen LogP contribution >= 0.6 is 12.6 Å². The fourth-order valence-corrected chi connectivity index (χ4v) is 3.56. The molecule has 0 saturated heterocycles. The molecule has 2 aromatic heterocycles. The zero-order chi connectivity index (χ0) is 14.0. The first-order valence-electron chi connectivity index (χ1n) is 7.24. The lowest BCUT2D eigenvalue weighted by atomic mass is 9.82. The highest BCUT2D eigenvalue weighted by atomic mass is 32.1. The minimum Gasteiger partial charge on any atom is -0.259 e. The summed E-state index contributed by atoms with van der Waals surface area (Å²) in [4.78, 5) is 16.4. The van der Waals surface area contributed by atoms with E-state index in [1.54, 1.807) is 27.7 Å². The van der Waals surface area contributed by atoms with Crippen LogP contribution in [0.4, 0.5) is 0 Å². The minimum absolute atomic E-state index is 0.0761. The van der Waals surface area contributed by atoms with E-state index in [1.807, 2.05) is 0 Å². The van der Waals surface area contributed by atoms with E-state index in [9.17, 15) is 4.79 Å². The van der Waals surface area contributed by atoms with Crippen molar-refractivity contribution >= 4 is 18.3 Å². The van der Waals surface area contributed by atoms with Crippen LogP contribution in [0.1, 0.15) is 38.5 Å². The van der Waals surface area contributed by atoms with Gasteiger partial charge < -0.3 is 0 Å². The number of hydrogen-bond donors (Lipinski definition) is 1. The lowest BCUT2D eigenvalue weighted by Gasteiger charge is -2.30. The van der Waals surface area contributed by atoms with Gasteiger partial charge in [0.1, 0.15) is 0 Å². The van der Waals surface area contributed by atoms with Crippen LogP contribution in [0.15, 0.2) is 23.4 Å². The van der Waals surface area contributed by atoms with Gasteiger partial charge in [-0.1, -0.05) is 25.7 Å². The third kappa shape index (κ3) is 2.49. The summed E-state index contributed by atoms with van der Waals surface area (Å²) in [5.41, 5.74) is 0.641. The van der Waals surface area contributed by atoms with Crippen LogP contribution in [0.2, 0.25) is 0 Å². The maximum atomic E-state index is 12.4. The Bertz CT molecular complexity index is 640. The van der Waals surface area contributed by atoms with Gasteiger partial charge in [-0.05, 0) is 24.0 Å². The largest absolute Gasteiger partial charge is 0.350 e. The average molecular weight is 292 g/mol. The van der Waals surface area contributed by atoms with Crippen molar-refractivity contribution in [2.24, 2.45) is 5.41 Å². The van der Waals surface area contributed by atoms with Crippen LogP contribution < -0.4 is 5.69 Å². The number of thiol groups is 1. The maximum absolute atomic E-state index is 12.4. The standard InChI is InChI=1S/C14H20N4OS/c19-13-17-8-7-15-9-12(17)16-18(13)10-14(11-20)5-3-1-2-4-6-14/h7-9,20H,1-6,10-11H2. The summed E-state index contributed by atoms with van der Waals surface area (Å²) in [6, 6.07) is 0. The molecule has 6 heteroatoms. The molecule has 0 spiro atoms. The number of rotatable bonds is 3. The van der Waals surface area contributed by atoms with Crippen LogP contribution in [-0.4, -0.2) is 24.9 Å². The van der Waals surface area contributed by atoms with E-state index in [2.05, 4.69) is 22.7 Å². The molecule has 1 fully saturated rings. The summed E-state index contributed by atoms with van der Waals surface area (Å²) >= 11 is 4.56. The number of fused-ring (bicyclic) bond motifs is 1. The van der Waals surface area contributed by atoms with Gasteiger partial charge in [0.15, 0.2) is 5.65 Å². The Morgan fingerprint density at radius 1 is 1.25 bits per heavy atom. The fourth-order valence-electron chi connectivity index (χ4n) is 3.15. The Hall–Kier alpha value is -1.30. The molecule has 0 unspecified atom stereocenters. The lowest BCUT2D eigenvalue weighted by Crippen LogP contribution is -2.34. The molecule has 1 aliphatic carbocycles. The van der Waals surface area contributed by atoms with Crippen LogP contribution in [0.25, 0.3) is 5.65 Å². The molecular weight excluding hydrogens is 272 g/mol. The smallest absolute Gasteiger partial charge is 0.259 e. The third-order valence-corrected chi connectivity index (χ3v) is 5.04. The van der Waals surface area contributed by atoms with Gasteiger partial charge in [-0.3, -0.25) is 4.98 Å². The molecule has 0 N–H and O–H groups in total. The van der Waals surface area contributed by atoms with Gasteiger partial charge in [0.05, 0.1) is 12.7 Å². The molecule has 108 valence electrons. The molecule has 0 radical (unpaired) electrons. The van der Waals surface area contributed by atoms with Gasteiger partial charge in [-0.25, -0.2) is 13.9 Å². The monoisotopic (exact) mass is 292 g/mol. The fraction of sp³-hybridized carbons (Fsp3) is 0.643. The molecule has 2 aromatic rings. The molecule has 20 heavy (non-hydrogen) atoms. The highest BCUT2D eigenvalue weighted by molar-refractivity contribution is 7.80. The quantitative estimate of drug-likeness (QED) is 0.697. The average Bonchev–Trinajstić information content (AvgIpc) is 2.66. The second-order valence-corrected chi connectivity index (χ2v) is 6.13. The number of aromatic nitrogens is 4. The van der Waals surface area contributed by atoms with Gasteiger partial charge in [-0.2, -0.15) is 12.6 Å². The lowest BCUT2D eigenvalue weighted by molar-refractivity contribution is 0.227. The molecule has 1 saturated carbocycles. The third-order valence-electron chi connectivity index (χ3n) is 4.37. The van der Waals surface area contributed by atoms with E-state index in [4.69, 9.17) is 0 Å². The Morgan fingerprint density at radius 3 is 2.65 bits per heavy atom. The Labute approximate surface area is 123 Å². The second kappa shape index (κ2) is 5.60. The number of hydrogen-bond acceptors (Lipinski definition) is 4. The van der Waals surface area contributed by atoms with Crippen molar-refractivity contribution in [3.05, 3.63) is 29.1 Å². The maximum Gasteiger partial charge on any atom is 0.350 e. The first-order chi connectivity index (χ1) is 9.74. The Kier molecular flexibility index (Phi) is 3.83. The van der Waals surface area contributed by atoms with Crippen LogP contribution in [-0.2, 0) is 6.54 Å². The van der Waals surface area contributed by atoms with Crippen molar-refractivity contribution in [1.29, 1.82) is 0 Å². The molecule has 2 heterocycles. The van der Waals surface area contributed by atoms with Crippen molar-refractivity contribution in [2.45, 2.75) is 45.1 Å². The molecule has 1 aliphatic rings. The SMILES string of the molecule is O=c1n(CC2(CS)CCCCCC2)nc2cnccn12. The van der Waals surface area contributed by atoms with Gasteiger partial charge >= 0.3 is 5.69 Å². The minimum atomic E-state index is -0.0761. The molecular formula is C14H20N4OS. The predicted octanol–water partition coefficient (Wildman–Crippen LogP) is 2.16. The van der Waals surface area contributed by atoms with Crippen molar-refractivity contribution in [1.82, 2.24) is 19.2 Å². The van der Waals surface area contributed by atoms with E-state index in [0.717, 1.165) is 18.6 Å². The van der Waals surface area contributed by atoms with E-state index >= 15 is 0 Å². The first kappa shape index (κ1) is 13.7. The Morgan fingerprint density at radius 2 is 2.00 bits per heavy atom. The summed E-state index contributed by atoms with van der Waals surface area (Å²) in [5.74, 6) is 0.811. The van der Waals surface area contributed by atoms with Crippen molar-refractivity contribution in [3.63, 3.8) is 0 Å². The molecule has 3 rings (SSSR count). The zero-order valence-electron chi connectivity index (χ0n) is 11.5. The van der Waals surface area contributed by atoms with Crippen LogP contribution in [0, 0.1) is 5.41 Å². The molecule has 5 nitrogen and oxygen atoms in total. The summed E-state index contributed by atoms with van der Waals surface area (Å²) in [6.45, 7) is 0.664. The van der Waals surface area contributed by atoms with Crippen molar-refractivity contribution in [2.75, 3.05) is 5.75 Å². The number of nitrogens with zero attached hydrogens (tertiary/aromatic N) is 4. The predicted molar refractivity (Wildman–Crippen MR) is 81.2 cm³/mol. The highest BCUT2D eigenvalue weighted by Gasteiger charge is 2.31. The summed E-state index contributed by atoms with van der Waals surface area (Å²) in [5, 5.41) is 4.40.